The lowest BCUT2D eigenvalue weighted by molar-refractivity contribution is 0.775. The highest BCUT2D eigenvalue weighted by Crippen LogP contribution is 2.20. The number of aryl methyl sites for hydroxylation is 2. The van der Waals surface area contributed by atoms with Crippen LogP contribution in [0.5, 0.6) is 0 Å². The van der Waals surface area contributed by atoms with Crippen LogP contribution in [0.2, 0.25) is 0 Å². The van der Waals surface area contributed by atoms with Gasteiger partial charge in [-0.05, 0) is 50.3 Å². The Morgan fingerprint density at radius 3 is 2.71 bits per heavy atom. The van der Waals surface area contributed by atoms with Crippen LogP contribution in [0.1, 0.15) is 12.6 Å². The summed E-state index contributed by atoms with van der Waals surface area (Å²) >= 11 is 5.39. The largest absolute Gasteiger partial charge is 0.332 e. The second-order valence-electron chi connectivity index (χ2n) is 7.08. The summed E-state index contributed by atoms with van der Waals surface area (Å²) in [5.74, 6) is 0.255. The molecule has 0 spiro atoms. The smallest absolute Gasteiger partial charge is 0.292 e. The van der Waals surface area contributed by atoms with Crippen molar-refractivity contribution in [2.75, 3.05) is 0 Å². The van der Waals surface area contributed by atoms with Crippen molar-refractivity contribution in [3.8, 4) is 17.2 Å². The predicted octanol–water partition coefficient (Wildman–Crippen LogP) is 2.87. The Bertz CT molecular complexity index is 1660. The molecular formula is C21H17N7O2S. The molecule has 154 valence electrons. The first-order valence-corrected chi connectivity index (χ1v) is 10.1. The zero-order chi connectivity index (χ0) is 21.7. The van der Waals surface area contributed by atoms with Gasteiger partial charge in [0.1, 0.15) is 5.65 Å². The molecule has 9 nitrogen and oxygen atoms in total. The Hall–Kier alpha value is -3.92. The highest BCUT2D eigenvalue weighted by atomic mass is 32.1. The third-order valence-electron chi connectivity index (χ3n) is 5.11. The second kappa shape index (κ2) is 7.10. The van der Waals surface area contributed by atoms with Gasteiger partial charge in [-0.25, -0.2) is 14.5 Å². The lowest BCUT2D eigenvalue weighted by Crippen LogP contribution is -2.20. The molecule has 4 heterocycles. The molecule has 0 radical (unpaired) electrons. The lowest BCUT2D eigenvalue weighted by atomic mass is 10.1. The summed E-state index contributed by atoms with van der Waals surface area (Å²) in [6.45, 7) is 4.44. The number of nitrogens with zero attached hydrogens (tertiary/aromatic N) is 5. The molecule has 0 aliphatic rings. The number of rotatable bonds is 3. The summed E-state index contributed by atoms with van der Waals surface area (Å²) in [7, 11) is 0. The fraction of sp³-hybridized carbons (Fsp3) is 0.143. The summed E-state index contributed by atoms with van der Waals surface area (Å²) in [5, 5.41) is 7.42. The Morgan fingerprint density at radius 1 is 1.10 bits per heavy atom. The summed E-state index contributed by atoms with van der Waals surface area (Å²) in [6, 6.07) is 10.7. The lowest BCUT2D eigenvalue weighted by Gasteiger charge is -2.12. The van der Waals surface area contributed by atoms with Crippen molar-refractivity contribution in [2.45, 2.75) is 20.4 Å². The van der Waals surface area contributed by atoms with E-state index in [2.05, 4.69) is 25.1 Å². The van der Waals surface area contributed by atoms with Crippen LogP contribution in [0.4, 0.5) is 0 Å². The van der Waals surface area contributed by atoms with Crippen molar-refractivity contribution in [1.82, 2.24) is 34.3 Å². The van der Waals surface area contributed by atoms with Crippen LogP contribution in [0.25, 0.3) is 39.3 Å². The van der Waals surface area contributed by atoms with Crippen LogP contribution in [-0.2, 0) is 6.54 Å². The van der Waals surface area contributed by atoms with E-state index < -0.39 is 5.56 Å². The molecule has 5 aromatic rings. The highest BCUT2D eigenvalue weighted by Gasteiger charge is 2.20. The van der Waals surface area contributed by atoms with Crippen LogP contribution in [-0.4, -0.2) is 34.3 Å². The Labute approximate surface area is 180 Å². The van der Waals surface area contributed by atoms with Crippen LogP contribution < -0.4 is 11.0 Å². The first-order valence-electron chi connectivity index (χ1n) is 9.66. The fourth-order valence-corrected chi connectivity index (χ4v) is 3.82. The summed E-state index contributed by atoms with van der Waals surface area (Å²) < 4.78 is 3.43. The van der Waals surface area contributed by atoms with E-state index in [4.69, 9.17) is 12.2 Å². The Balaban J connectivity index is 1.84. The number of fused-ring (bicyclic) bond motifs is 2. The molecule has 0 aliphatic heterocycles. The fourth-order valence-electron chi connectivity index (χ4n) is 3.61. The van der Waals surface area contributed by atoms with E-state index >= 15 is 0 Å². The van der Waals surface area contributed by atoms with Gasteiger partial charge in [-0.3, -0.25) is 14.7 Å². The zero-order valence-electron chi connectivity index (χ0n) is 16.7. The third-order valence-corrected chi connectivity index (χ3v) is 5.38. The molecule has 2 N–H and O–H groups in total. The topological polar surface area (TPSA) is 114 Å². The summed E-state index contributed by atoms with van der Waals surface area (Å²) in [6.07, 6.45) is 1.69. The molecule has 0 aliphatic carbocycles. The van der Waals surface area contributed by atoms with E-state index in [0.29, 0.717) is 34.2 Å². The first kappa shape index (κ1) is 19.1. The summed E-state index contributed by atoms with van der Waals surface area (Å²) in [4.78, 5) is 37.9. The zero-order valence-corrected chi connectivity index (χ0v) is 17.5. The highest BCUT2D eigenvalue weighted by molar-refractivity contribution is 7.71. The van der Waals surface area contributed by atoms with Crippen LogP contribution in [0, 0.1) is 11.7 Å². The van der Waals surface area contributed by atoms with E-state index in [-0.39, 0.29) is 21.8 Å². The number of nitrogens with one attached hydrogen (secondary N) is 2. The number of para-hydroxylation sites is 2. The molecule has 0 bridgehead atoms. The minimum Gasteiger partial charge on any atom is -0.332 e. The van der Waals surface area contributed by atoms with Crippen molar-refractivity contribution in [3.63, 3.8) is 0 Å². The van der Waals surface area contributed by atoms with E-state index in [9.17, 15) is 9.59 Å². The van der Waals surface area contributed by atoms with Gasteiger partial charge in [-0.15, -0.1) is 0 Å². The van der Waals surface area contributed by atoms with Gasteiger partial charge in [0.15, 0.2) is 5.82 Å². The molecular weight excluding hydrogens is 414 g/mol. The van der Waals surface area contributed by atoms with Gasteiger partial charge in [0, 0.05) is 18.4 Å². The Morgan fingerprint density at radius 2 is 1.90 bits per heavy atom. The monoisotopic (exact) mass is 431 g/mol. The van der Waals surface area contributed by atoms with Gasteiger partial charge in [0.05, 0.1) is 22.0 Å². The molecule has 4 aromatic heterocycles. The molecule has 0 amide bonds. The maximum Gasteiger partial charge on any atom is 0.292 e. The number of benzene rings is 1. The van der Waals surface area contributed by atoms with Gasteiger partial charge in [-0.1, -0.05) is 12.1 Å². The molecule has 0 unspecified atom stereocenters. The molecule has 0 saturated heterocycles. The average Bonchev–Trinajstić information content (AvgIpc) is 3.14. The minimum absolute atomic E-state index is 0.0389. The van der Waals surface area contributed by atoms with Crippen molar-refractivity contribution < 1.29 is 0 Å². The number of pyridine rings is 2. The number of hydrogen-bond donors (Lipinski definition) is 2. The van der Waals surface area contributed by atoms with Gasteiger partial charge in [0.2, 0.25) is 16.0 Å². The van der Waals surface area contributed by atoms with Gasteiger partial charge >= 0.3 is 0 Å². The molecule has 0 atom stereocenters. The SMILES string of the molecule is CCn1cc(-c2n[nH]c(=S)n2-c2nc3ccccc3[nH]c2=O)c(=O)c2ccc(C)nc21. The number of hydrogen-bond acceptors (Lipinski definition) is 6. The first-order chi connectivity index (χ1) is 15.0. The van der Waals surface area contributed by atoms with Gasteiger partial charge in [-0.2, -0.15) is 5.10 Å². The predicted molar refractivity (Wildman–Crippen MR) is 120 cm³/mol. The van der Waals surface area contributed by atoms with Crippen molar-refractivity contribution >= 4 is 34.3 Å². The summed E-state index contributed by atoms with van der Waals surface area (Å²) in [5.41, 5.74) is 2.21. The normalized spacial score (nSPS) is 11.4. The molecule has 0 saturated carbocycles. The molecule has 5 rings (SSSR count). The van der Waals surface area contributed by atoms with E-state index in [1.165, 1.54) is 4.57 Å². The third kappa shape index (κ3) is 2.99. The number of aromatic nitrogens is 7. The minimum atomic E-state index is -0.439. The van der Waals surface area contributed by atoms with E-state index in [1.54, 1.807) is 30.5 Å². The van der Waals surface area contributed by atoms with E-state index in [1.807, 2.05) is 30.5 Å². The molecule has 1 aromatic carbocycles. The van der Waals surface area contributed by atoms with E-state index in [0.717, 1.165) is 5.69 Å². The van der Waals surface area contributed by atoms with Crippen molar-refractivity contribution in [2.24, 2.45) is 0 Å². The second-order valence-corrected chi connectivity index (χ2v) is 7.46. The average molecular weight is 431 g/mol. The quantitative estimate of drug-likeness (QED) is 0.425. The van der Waals surface area contributed by atoms with Crippen LogP contribution in [0.15, 0.2) is 52.2 Å². The van der Waals surface area contributed by atoms with Crippen molar-refractivity contribution in [1.29, 1.82) is 0 Å². The van der Waals surface area contributed by atoms with Crippen LogP contribution >= 0.6 is 12.2 Å². The standard InChI is InChI=1S/C21H17N7O2S/c1-3-27-10-13(16(29)12-9-8-11(2)22-17(12)27)18-25-26-21(31)28(18)19-20(30)24-15-7-5-4-6-14(15)23-19/h4-10H,3H2,1-2H3,(H,24,30)(H,26,31). The Kier molecular flexibility index (Phi) is 4.36. The number of H-pyrrole nitrogens is 2. The molecule has 31 heavy (non-hydrogen) atoms. The van der Waals surface area contributed by atoms with Gasteiger partial charge < -0.3 is 9.55 Å². The molecule has 10 heteroatoms. The van der Waals surface area contributed by atoms with Crippen LogP contribution in [0.3, 0.4) is 0 Å². The van der Waals surface area contributed by atoms with Crippen molar-refractivity contribution in [3.05, 3.63) is 73.6 Å². The maximum absolute atomic E-state index is 13.3. The molecule has 0 fully saturated rings. The van der Waals surface area contributed by atoms with Gasteiger partial charge in [0.25, 0.3) is 5.56 Å². The number of aromatic amines is 2. The maximum atomic E-state index is 13.3.